The molecule has 1 aliphatic heterocycles. The summed E-state index contributed by atoms with van der Waals surface area (Å²) in [4.78, 5) is 1.55. The monoisotopic (exact) mass is 242 g/mol. The van der Waals surface area contributed by atoms with Crippen LogP contribution in [0.25, 0.3) is 0 Å². The van der Waals surface area contributed by atoms with Crippen molar-refractivity contribution in [2.24, 2.45) is 4.40 Å². The summed E-state index contributed by atoms with van der Waals surface area (Å²) >= 11 is 0. The zero-order valence-corrected chi connectivity index (χ0v) is 9.75. The summed E-state index contributed by atoms with van der Waals surface area (Å²) < 4.78 is 40.5. The van der Waals surface area contributed by atoms with Gasteiger partial charge in [0, 0.05) is 13.6 Å². The van der Waals surface area contributed by atoms with Crippen molar-refractivity contribution in [3.63, 3.8) is 0 Å². The van der Waals surface area contributed by atoms with Gasteiger partial charge >= 0.3 is 0 Å². The lowest BCUT2D eigenvalue weighted by molar-refractivity contribution is 0.531. The number of hydrogen-bond donors (Lipinski definition) is 0. The highest BCUT2D eigenvalue weighted by molar-refractivity contribution is 7.90. The quantitative estimate of drug-likeness (QED) is 0.744. The van der Waals surface area contributed by atoms with Crippen molar-refractivity contribution < 1.29 is 12.8 Å². The summed E-state index contributed by atoms with van der Waals surface area (Å²) in [7, 11) is -2.05. The molecule has 0 aliphatic carbocycles. The van der Waals surface area contributed by atoms with E-state index in [1.54, 1.807) is 11.9 Å². The maximum absolute atomic E-state index is 13.6. The van der Waals surface area contributed by atoms with Crippen LogP contribution in [-0.4, -0.2) is 32.7 Å². The minimum atomic E-state index is -3.73. The van der Waals surface area contributed by atoms with E-state index in [9.17, 15) is 12.8 Å². The molecule has 86 valence electrons. The van der Waals surface area contributed by atoms with Gasteiger partial charge < -0.3 is 4.90 Å². The Balaban J connectivity index is 2.72. The Morgan fingerprint density at radius 2 is 2.12 bits per heavy atom. The minimum absolute atomic E-state index is 0.0530. The molecule has 1 aromatic carbocycles. The summed E-state index contributed by atoms with van der Waals surface area (Å²) in [6, 6.07) is 3.97. The molecule has 0 N–H and O–H groups in total. The summed E-state index contributed by atoms with van der Waals surface area (Å²) in [6.07, 6.45) is 0. The van der Waals surface area contributed by atoms with Crippen molar-refractivity contribution in [3.8, 4) is 0 Å². The van der Waals surface area contributed by atoms with Gasteiger partial charge in [0.2, 0.25) is 0 Å². The molecule has 6 heteroatoms. The van der Waals surface area contributed by atoms with E-state index in [-0.39, 0.29) is 16.3 Å². The highest BCUT2D eigenvalue weighted by Gasteiger charge is 2.32. The highest BCUT2D eigenvalue weighted by Crippen LogP contribution is 2.29. The van der Waals surface area contributed by atoms with Gasteiger partial charge in [-0.15, -0.1) is 4.40 Å². The van der Waals surface area contributed by atoms with Crippen LogP contribution in [0.15, 0.2) is 27.5 Å². The Morgan fingerprint density at radius 1 is 1.44 bits per heavy atom. The fourth-order valence-electron chi connectivity index (χ4n) is 1.56. The van der Waals surface area contributed by atoms with Crippen LogP contribution >= 0.6 is 0 Å². The van der Waals surface area contributed by atoms with Crippen molar-refractivity contribution in [2.45, 2.75) is 11.8 Å². The van der Waals surface area contributed by atoms with Crippen LogP contribution in [-0.2, 0) is 10.0 Å². The number of amidine groups is 1. The predicted molar refractivity (Wildman–Crippen MR) is 58.4 cm³/mol. The average molecular weight is 242 g/mol. The first-order valence-electron chi connectivity index (χ1n) is 4.82. The molecule has 0 fully saturated rings. The maximum atomic E-state index is 13.6. The molecule has 0 radical (unpaired) electrons. The van der Waals surface area contributed by atoms with Crippen LogP contribution in [0.2, 0.25) is 0 Å². The van der Waals surface area contributed by atoms with Crippen LogP contribution in [0, 0.1) is 5.82 Å². The predicted octanol–water partition coefficient (Wildman–Crippen LogP) is 1.23. The third-order valence-electron chi connectivity index (χ3n) is 2.52. The molecule has 0 spiro atoms. The molecule has 1 aliphatic rings. The van der Waals surface area contributed by atoms with E-state index < -0.39 is 15.8 Å². The first-order valence-corrected chi connectivity index (χ1v) is 6.26. The average Bonchev–Trinajstić information content (AvgIpc) is 2.52. The SMILES string of the molecule is CCN(C)C1=NS(=O)(=O)c2cccc(F)c21. The first kappa shape index (κ1) is 11.1. The smallest absolute Gasteiger partial charge is 0.285 e. The summed E-state index contributed by atoms with van der Waals surface area (Å²) in [5.41, 5.74) is 0.0758. The van der Waals surface area contributed by atoms with Crippen LogP contribution in [0.3, 0.4) is 0 Å². The number of benzene rings is 1. The minimum Gasteiger partial charge on any atom is -0.359 e. The lowest BCUT2D eigenvalue weighted by atomic mass is 10.2. The fraction of sp³-hybridized carbons (Fsp3) is 0.300. The molecule has 1 heterocycles. The molecule has 0 saturated heterocycles. The molecule has 0 saturated carbocycles. The number of halogens is 1. The Bertz CT molecular complexity index is 566. The zero-order chi connectivity index (χ0) is 11.9. The number of hydrogen-bond acceptors (Lipinski definition) is 3. The van der Waals surface area contributed by atoms with Gasteiger partial charge in [-0.25, -0.2) is 4.39 Å². The topological polar surface area (TPSA) is 49.7 Å². The van der Waals surface area contributed by atoms with E-state index in [1.165, 1.54) is 18.2 Å². The van der Waals surface area contributed by atoms with Gasteiger partial charge in [-0.3, -0.25) is 0 Å². The van der Waals surface area contributed by atoms with Gasteiger partial charge in [0.1, 0.15) is 10.7 Å². The van der Waals surface area contributed by atoms with Crippen LogP contribution in [0.1, 0.15) is 12.5 Å². The Morgan fingerprint density at radius 3 is 2.75 bits per heavy atom. The molecule has 0 amide bonds. The van der Waals surface area contributed by atoms with E-state index in [4.69, 9.17) is 0 Å². The summed E-state index contributed by atoms with van der Waals surface area (Å²) in [5, 5.41) is 0. The van der Waals surface area contributed by atoms with Gasteiger partial charge in [0.15, 0.2) is 5.84 Å². The molecule has 0 unspecified atom stereocenters. The maximum Gasteiger partial charge on any atom is 0.285 e. The molecule has 1 aromatic rings. The van der Waals surface area contributed by atoms with Crippen LogP contribution in [0.4, 0.5) is 4.39 Å². The second-order valence-electron chi connectivity index (χ2n) is 3.52. The van der Waals surface area contributed by atoms with E-state index in [0.29, 0.717) is 6.54 Å². The second kappa shape index (κ2) is 3.55. The van der Waals surface area contributed by atoms with Gasteiger partial charge in [0.25, 0.3) is 10.0 Å². The lowest BCUT2D eigenvalue weighted by Gasteiger charge is -2.16. The number of rotatable bonds is 1. The van der Waals surface area contributed by atoms with Gasteiger partial charge in [-0.2, -0.15) is 8.42 Å². The molecule has 2 rings (SSSR count). The van der Waals surface area contributed by atoms with Crippen molar-refractivity contribution >= 4 is 15.9 Å². The van der Waals surface area contributed by atoms with Crippen molar-refractivity contribution in [2.75, 3.05) is 13.6 Å². The third-order valence-corrected chi connectivity index (χ3v) is 3.83. The molecule has 0 bridgehead atoms. The van der Waals surface area contributed by atoms with E-state index >= 15 is 0 Å². The molecular formula is C10H11FN2O2S. The Labute approximate surface area is 93.5 Å². The van der Waals surface area contributed by atoms with Crippen molar-refractivity contribution in [1.82, 2.24) is 4.90 Å². The normalized spacial score (nSPS) is 16.8. The number of fused-ring (bicyclic) bond motifs is 1. The molecule has 0 atom stereocenters. The van der Waals surface area contributed by atoms with Crippen LogP contribution in [0.5, 0.6) is 0 Å². The van der Waals surface area contributed by atoms with Crippen molar-refractivity contribution in [3.05, 3.63) is 29.6 Å². The zero-order valence-electron chi connectivity index (χ0n) is 8.94. The van der Waals surface area contributed by atoms with Crippen LogP contribution < -0.4 is 0 Å². The lowest BCUT2D eigenvalue weighted by Crippen LogP contribution is -2.26. The fourth-order valence-corrected chi connectivity index (χ4v) is 2.81. The number of sulfonamides is 1. The van der Waals surface area contributed by atoms with E-state index in [2.05, 4.69) is 4.40 Å². The standard InChI is InChI=1S/C10H11FN2O2S/c1-3-13(2)10-9-7(11)5-4-6-8(9)16(14,15)12-10/h4-6H,3H2,1-2H3. The summed E-state index contributed by atoms with van der Waals surface area (Å²) in [5.74, 6) is -0.381. The molecule has 4 nitrogen and oxygen atoms in total. The Kier molecular flexibility index (Phi) is 2.46. The second-order valence-corrected chi connectivity index (χ2v) is 5.09. The van der Waals surface area contributed by atoms with Gasteiger partial charge in [0.05, 0.1) is 5.56 Å². The summed E-state index contributed by atoms with van der Waals surface area (Å²) in [6.45, 7) is 2.40. The highest BCUT2D eigenvalue weighted by atomic mass is 32.2. The molecular weight excluding hydrogens is 231 g/mol. The van der Waals surface area contributed by atoms with Gasteiger partial charge in [-0.05, 0) is 19.1 Å². The van der Waals surface area contributed by atoms with E-state index in [0.717, 1.165) is 0 Å². The Hall–Kier alpha value is -1.43. The van der Waals surface area contributed by atoms with Crippen molar-refractivity contribution in [1.29, 1.82) is 0 Å². The molecule has 16 heavy (non-hydrogen) atoms. The number of nitrogens with zero attached hydrogens (tertiary/aromatic N) is 2. The third kappa shape index (κ3) is 1.49. The molecule has 0 aromatic heterocycles. The van der Waals surface area contributed by atoms with Gasteiger partial charge in [-0.1, -0.05) is 6.07 Å². The largest absolute Gasteiger partial charge is 0.359 e. The van der Waals surface area contributed by atoms with E-state index in [1.807, 2.05) is 6.92 Å². The first-order chi connectivity index (χ1) is 7.47.